The molecule has 0 radical (unpaired) electrons. The second kappa shape index (κ2) is 5.23. The van der Waals surface area contributed by atoms with E-state index in [2.05, 4.69) is 5.32 Å². The summed E-state index contributed by atoms with van der Waals surface area (Å²) in [5.74, 6) is 0.117. The van der Waals surface area contributed by atoms with Gasteiger partial charge in [0.2, 0.25) is 0 Å². The van der Waals surface area contributed by atoms with Crippen LogP contribution in [0.25, 0.3) is 11.0 Å². The molecular formula is C14H17NO3. The number of aryl methyl sites for hydroxylation is 1. The molecule has 1 unspecified atom stereocenters. The van der Waals surface area contributed by atoms with E-state index in [1.807, 2.05) is 31.2 Å². The second-order valence-electron chi connectivity index (χ2n) is 4.45. The van der Waals surface area contributed by atoms with Crippen LogP contribution in [0, 0.1) is 6.92 Å². The molecule has 1 aromatic heterocycles. The Labute approximate surface area is 106 Å². The van der Waals surface area contributed by atoms with E-state index >= 15 is 0 Å². The van der Waals surface area contributed by atoms with Crippen molar-refractivity contribution in [2.24, 2.45) is 0 Å². The van der Waals surface area contributed by atoms with E-state index in [0.29, 0.717) is 18.7 Å². The van der Waals surface area contributed by atoms with E-state index in [0.717, 1.165) is 16.5 Å². The molecule has 1 amide bonds. The minimum absolute atomic E-state index is 0.232. The number of furan rings is 1. The van der Waals surface area contributed by atoms with Crippen LogP contribution in [0.2, 0.25) is 0 Å². The molecule has 0 saturated carbocycles. The van der Waals surface area contributed by atoms with E-state index < -0.39 is 6.10 Å². The molecule has 1 aromatic carbocycles. The zero-order valence-electron chi connectivity index (χ0n) is 10.6. The molecule has 0 bridgehead atoms. The number of benzene rings is 1. The van der Waals surface area contributed by atoms with Gasteiger partial charge in [0, 0.05) is 17.5 Å². The van der Waals surface area contributed by atoms with Gasteiger partial charge in [-0.2, -0.15) is 0 Å². The zero-order valence-corrected chi connectivity index (χ0v) is 10.6. The SMILES string of the molecule is Cc1c(C(=O)NCCC(C)O)oc2ccccc12. The molecule has 18 heavy (non-hydrogen) atoms. The van der Waals surface area contributed by atoms with Gasteiger partial charge in [-0.1, -0.05) is 18.2 Å². The Morgan fingerprint density at radius 2 is 2.17 bits per heavy atom. The first kappa shape index (κ1) is 12.6. The van der Waals surface area contributed by atoms with Crippen molar-refractivity contribution in [2.45, 2.75) is 26.4 Å². The van der Waals surface area contributed by atoms with Crippen LogP contribution in [0.4, 0.5) is 0 Å². The largest absolute Gasteiger partial charge is 0.451 e. The summed E-state index contributed by atoms with van der Waals surface area (Å²) in [6.07, 6.45) is 0.118. The van der Waals surface area contributed by atoms with Crippen LogP contribution in [-0.2, 0) is 0 Å². The fraction of sp³-hybridized carbons (Fsp3) is 0.357. The highest BCUT2D eigenvalue weighted by atomic mass is 16.3. The molecule has 2 N–H and O–H groups in total. The molecule has 0 aliphatic rings. The predicted molar refractivity (Wildman–Crippen MR) is 69.6 cm³/mol. The maximum Gasteiger partial charge on any atom is 0.287 e. The fourth-order valence-corrected chi connectivity index (χ4v) is 1.87. The van der Waals surface area contributed by atoms with Crippen LogP contribution >= 0.6 is 0 Å². The van der Waals surface area contributed by atoms with Gasteiger partial charge >= 0.3 is 0 Å². The summed E-state index contributed by atoms with van der Waals surface area (Å²) in [7, 11) is 0. The van der Waals surface area contributed by atoms with Crippen LogP contribution in [0.15, 0.2) is 28.7 Å². The summed E-state index contributed by atoms with van der Waals surface area (Å²) in [5.41, 5.74) is 1.57. The number of aliphatic hydroxyl groups excluding tert-OH is 1. The number of hydrogen-bond donors (Lipinski definition) is 2. The third kappa shape index (κ3) is 2.54. The number of rotatable bonds is 4. The molecule has 1 heterocycles. The molecular weight excluding hydrogens is 230 g/mol. The molecule has 2 rings (SSSR count). The summed E-state index contributed by atoms with van der Waals surface area (Å²) in [6.45, 7) is 4.00. The van der Waals surface area contributed by atoms with Crippen LogP contribution in [0.5, 0.6) is 0 Å². The number of nitrogens with one attached hydrogen (secondary N) is 1. The topological polar surface area (TPSA) is 62.5 Å². The molecule has 0 saturated heterocycles. The normalized spacial score (nSPS) is 12.6. The minimum Gasteiger partial charge on any atom is -0.451 e. The maximum absolute atomic E-state index is 11.9. The standard InChI is InChI=1S/C14H17NO3/c1-9(16)7-8-15-14(17)13-10(2)11-5-3-4-6-12(11)18-13/h3-6,9,16H,7-8H2,1-2H3,(H,15,17). The number of amides is 1. The summed E-state index contributed by atoms with van der Waals surface area (Å²) < 4.78 is 5.54. The van der Waals surface area contributed by atoms with Gasteiger partial charge in [-0.25, -0.2) is 0 Å². The highest BCUT2D eigenvalue weighted by molar-refractivity contribution is 5.98. The molecule has 4 heteroatoms. The van der Waals surface area contributed by atoms with Gasteiger partial charge in [0.15, 0.2) is 5.76 Å². The molecule has 4 nitrogen and oxygen atoms in total. The van der Waals surface area contributed by atoms with Crippen LogP contribution < -0.4 is 5.32 Å². The summed E-state index contributed by atoms with van der Waals surface area (Å²) in [6, 6.07) is 7.57. The van der Waals surface area contributed by atoms with E-state index in [1.165, 1.54) is 0 Å². The van der Waals surface area contributed by atoms with Crippen molar-refractivity contribution >= 4 is 16.9 Å². The van der Waals surface area contributed by atoms with Crippen LogP contribution in [0.1, 0.15) is 29.5 Å². The average molecular weight is 247 g/mol. The highest BCUT2D eigenvalue weighted by Gasteiger charge is 2.16. The third-order valence-corrected chi connectivity index (χ3v) is 2.90. The lowest BCUT2D eigenvalue weighted by Crippen LogP contribution is -2.26. The molecule has 0 aliphatic carbocycles. The lowest BCUT2D eigenvalue weighted by atomic mass is 10.1. The van der Waals surface area contributed by atoms with Crippen molar-refractivity contribution in [3.63, 3.8) is 0 Å². The molecule has 1 atom stereocenters. The van der Waals surface area contributed by atoms with Crippen molar-refractivity contribution in [1.29, 1.82) is 0 Å². The lowest BCUT2D eigenvalue weighted by Gasteiger charge is -2.05. The predicted octanol–water partition coefficient (Wildman–Crippen LogP) is 2.24. The Morgan fingerprint density at radius 1 is 1.44 bits per heavy atom. The number of carbonyl (C=O) groups is 1. The lowest BCUT2D eigenvalue weighted by molar-refractivity contribution is 0.0919. The first-order chi connectivity index (χ1) is 8.59. The van der Waals surface area contributed by atoms with Gasteiger partial charge in [-0.15, -0.1) is 0 Å². The Hall–Kier alpha value is -1.81. The van der Waals surface area contributed by atoms with Gasteiger partial charge in [-0.3, -0.25) is 4.79 Å². The minimum atomic E-state index is -0.415. The number of carbonyl (C=O) groups excluding carboxylic acids is 1. The number of aliphatic hydroxyl groups is 1. The Balaban J connectivity index is 2.15. The monoisotopic (exact) mass is 247 g/mol. The first-order valence-electron chi connectivity index (χ1n) is 6.04. The Morgan fingerprint density at radius 3 is 2.83 bits per heavy atom. The van der Waals surface area contributed by atoms with Gasteiger partial charge in [-0.05, 0) is 26.3 Å². The van der Waals surface area contributed by atoms with Crippen molar-refractivity contribution in [1.82, 2.24) is 5.32 Å². The summed E-state index contributed by atoms with van der Waals surface area (Å²) in [4.78, 5) is 11.9. The highest BCUT2D eigenvalue weighted by Crippen LogP contribution is 2.24. The van der Waals surface area contributed by atoms with Crippen LogP contribution in [0.3, 0.4) is 0 Å². The zero-order chi connectivity index (χ0) is 13.1. The van der Waals surface area contributed by atoms with Gasteiger partial charge in [0.1, 0.15) is 5.58 Å². The van der Waals surface area contributed by atoms with Crippen molar-refractivity contribution in [3.05, 3.63) is 35.6 Å². The van der Waals surface area contributed by atoms with Crippen molar-refractivity contribution < 1.29 is 14.3 Å². The number of hydrogen-bond acceptors (Lipinski definition) is 3. The molecule has 0 spiro atoms. The molecule has 2 aromatic rings. The fourth-order valence-electron chi connectivity index (χ4n) is 1.87. The maximum atomic E-state index is 11.9. The quantitative estimate of drug-likeness (QED) is 0.871. The van der Waals surface area contributed by atoms with Crippen molar-refractivity contribution in [2.75, 3.05) is 6.54 Å². The first-order valence-corrected chi connectivity index (χ1v) is 6.04. The van der Waals surface area contributed by atoms with E-state index in [1.54, 1.807) is 6.92 Å². The second-order valence-corrected chi connectivity index (χ2v) is 4.45. The average Bonchev–Trinajstić information content (AvgIpc) is 2.67. The van der Waals surface area contributed by atoms with Crippen LogP contribution in [-0.4, -0.2) is 23.7 Å². The number of fused-ring (bicyclic) bond motifs is 1. The third-order valence-electron chi connectivity index (χ3n) is 2.90. The summed E-state index contributed by atoms with van der Waals surface area (Å²) >= 11 is 0. The summed E-state index contributed by atoms with van der Waals surface area (Å²) in [5, 5.41) is 12.8. The van der Waals surface area contributed by atoms with E-state index in [9.17, 15) is 4.79 Å². The molecule has 96 valence electrons. The van der Waals surface area contributed by atoms with Crippen molar-refractivity contribution in [3.8, 4) is 0 Å². The van der Waals surface area contributed by atoms with E-state index in [-0.39, 0.29) is 5.91 Å². The van der Waals surface area contributed by atoms with E-state index in [4.69, 9.17) is 9.52 Å². The smallest absolute Gasteiger partial charge is 0.287 e. The molecule has 0 fully saturated rings. The molecule has 0 aliphatic heterocycles. The van der Waals surface area contributed by atoms with Gasteiger partial charge in [0.05, 0.1) is 6.10 Å². The Kier molecular flexibility index (Phi) is 3.67. The Bertz CT molecular complexity index is 557. The number of para-hydroxylation sites is 1. The van der Waals surface area contributed by atoms with Gasteiger partial charge in [0.25, 0.3) is 5.91 Å². The van der Waals surface area contributed by atoms with Gasteiger partial charge < -0.3 is 14.8 Å².